The van der Waals surface area contributed by atoms with Crippen LogP contribution in [0.4, 0.5) is 0 Å². The third kappa shape index (κ3) is 10.7. The van der Waals surface area contributed by atoms with Crippen LogP contribution in [0.5, 0.6) is 0 Å². The van der Waals surface area contributed by atoms with Gasteiger partial charge in [-0.15, -0.1) is 0 Å². The van der Waals surface area contributed by atoms with Crippen LogP contribution in [0.15, 0.2) is 0 Å². The number of carbonyl (C=O) groups excluding carboxylic acids is 7. The van der Waals surface area contributed by atoms with Crippen molar-refractivity contribution in [3.63, 3.8) is 0 Å². The van der Waals surface area contributed by atoms with Crippen LogP contribution >= 0.6 is 0 Å². The minimum Gasteiger partial charge on any atom is -0.463 e. The Labute approximate surface area is 251 Å². The van der Waals surface area contributed by atoms with Gasteiger partial charge in [-0.3, -0.25) is 33.6 Å². The average molecular weight is 637 g/mol. The normalized spacial score (nSPS) is 31.5. The van der Waals surface area contributed by atoms with E-state index >= 15 is 0 Å². The van der Waals surface area contributed by atoms with Gasteiger partial charge in [-0.05, 0) is 0 Å². The Morgan fingerprint density at radius 1 is 0.477 bits per heavy atom. The second kappa shape index (κ2) is 16.3. The summed E-state index contributed by atoms with van der Waals surface area (Å²) in [5.41, 5.74) is 0. The van der Waals surface area contributed by atoms with E-state index in [1.54, 1.807) is 0 Å². The largest absolute Gasteiger partial charge is 0.463 e. The van der Waals surface area contributed by atoms with Gasteiger partial charge in [0.05, 0.1) is 0 Å². The topological polar surface area (TPSA) is 232 Å². The number of carbonyl (C=O) groups is 7. The molecule has 0 aliphatic carbocycles. The van der Waals surface area contributed by atoms with Gasteiger partial charge in [-0.1, -0.05) is 0 Å². The van der Waals surface area contributed by atoms with Crippen LogP contribution in [-0.4, -0.2) is 122 Å². The highest BCUT2D eigenvalue weighted by Crippen LogP contribution is 2.34. The lowest BCUT2D eigenvalue weighted by Gasteiger charge is -2.48. The Kier molecular flexibility index (Phi) is 13.4. The number of ether oxygens (including phenoxy) is 10. The Balaban J connectivity index is 2.66. The zero-order chi connectivity index (χ0) is 33.3. The van der Waals surface area contributed by atoms with Crippen LogP contribution in [0.3, 0.4) is 0 Å². The van der Waals surface area contributed by atoms with Crippen LogP contribution in [0.2, 0.25) is 0 Å². The van der Waals surface area contributed by atoms with E-state index in [1.807, 2.05) is 0 Å². The van der Waals surface area contributed by atoms with Gasteiger partial charge in [0.2, 0.25) is 0 Å². The summed E-state index contributed by atoms with van der Waals surface area (Å²) in [6.45, 7) is 6.11. The molecule has 0 aromatic rings. The summed E-state index contributed by atoms with van der Waals surface area (Å²) >= 11 is 0. The molecule has 2 heterocycles. The fraction of sp³-hybridized carbons (Fsp3) is 0.731. The van der Waals surface area contributed by atoms with Crippen molar-refractivity contribution >= 4 is 41.8 Å². The Bertz CT molecular complexity index is 1090. The van der Waals surface area contributed by atoms with Gasteiger partial charge in [0.15, 0.2) is 43.1 Å². The van der Waals surface area contributed by atoms with E-state index in [0.29, 0.717) is 0 Å². The molecule has 2 aliphatic heterocycles. The number of aliphatic hydroxyl groups excluding tert-OH is 1. The third-order valence-electron chi connectivity index (χ3n) is 5.90. The van der Waals surface area contributed by atoms with Crippen LogP contribution in [0.25, 0.3) is 0 Å². The predicted octanol–water partition coefficient (Wildman–Crippen LogP) is -1.40. The highest BCUT2D eigenvalue weighted by molar-refractivity contribution is 5.69. The molecule has 44 heavy (non-hydrogen) atoms. The fourth-order valence-electron chi connectivity index (χ4n) is 4.49. The first kappa shape index (κ1) is 36.3. The molecule has 0 amide bonds. The molecule has 18 heteroatoms. The molecule has 2 rings (SSSR count). The van der Waals surface area contributed by atoms with Crippen molar-refractivity contribution in [3.05, 3.63) is 0 Å². The second-order valence-electron chi connectivity index (χ2n) is 9.68. The molecule has 0 bridgehead atoms. The van der Waals surface area contributed by atoms with E-state index in [2.05, 4.69) is 0 Å². The molecular weight excluding hydrogens is 600 g/mol. The summed E-state index contributed by atoms with van der Waals surface area (Å²) < 4.78 is 54.1. The molecular formula is C26H36O18. The number of hydrogen-bond acceptors (Lipinski definition) is 18. The van der Waals surface area contributed by atoms with Crippen molar-refractivity contribution in [1.29, 1.82) is 0 Å². The Morgan fingerprint density at radius 2 is 0.841 bits per heavy atom. The molecule has 0 radical (unpaired) electrons. The Morgan fingerprint density at radius 3 is 1.27 bits per heavy atom. The highest BCUT2D eigenvalue weighted by Gasteiger charge is 2.57. The fourth-order valence-corrected chi connectivity index (χ4v) is 4.49. The first-order valence-electron chi connectivity index (χ1n) is 13.3. The summed E-state index contributed by atoms with van der Waals surface area (Å²) in [4.78, 5) is 83.5. The van der Waals surface area contributed by atoms with Gasteiger partial charge >= 0.3 is 41.8 Å². The minimum absolute atomic E-state index is 0.572. The lowest BCUT2D eigenvalue weighted by Crippen LogP contribution is -2.67. The lowest BCUT2D eigenvalue weighted by molar-refractivity contribution is -0.357. The van der Waals surface area contributed by atoms with Crippen molar-refractivity contribution in [2.24, 2.45) is 0 Å². The summed E-state index contributed by atoms with van der Waals surface area (Å²) in [5.74, 6) is -6.03. The zero-order valence-electron chi connectivity index (χ0n) is 25.1. The van der Waals surface area contributed by atoms with Gasteiger partial charge in [-0.25, -0.2) is 0 Å². The SMILES string of the molecule is CC(=O)OC[C@@H]1O[C@H](O)[C@@H](OC(C)=O)[C@H](OC(C)=O)[C@H]1O[C@@H]1O[C@@H](COC(C)=O)[C@H](OC(C)=O)[C@@H](OC(C)=O)[C@@H]1OC(C)=O. The number of rotatable bonds is 11. The predicted molar refractivity (Wildman–Crippen MR) is 135 cm³/mol. The summed E-state index contributed by atoms with van der Waals surface area (Å²) in [6, 6.07) is 0. The molecule has 0 unspecified atom stereocenters. The molecule has 2 saturated heterocycles. The van der Waals surface area contributed by atoms with Crippen LogP contribution < -0.4 is 0 Å². The lowest BCUT2D eigenvalue weighted by atomic mass is 9.96. The van der Waals surface area contributed by atoms with E-state index < -0.39 is 116 Å². The highest BCUT2D eigenvalue weighted by atomic mass is 16.8. The second-order valence-corrected chi connectivity index (χ2v) is 9.68. The van der Waals surface area contributed by atoms with Gasteiger partial charge in [0, 0.05) is 48.5 Å². The first-order valence-corrected chi connectivity index (χ1v) is 13.3. The molecule has 1 N–H and O–H groups in total. The number of hydrogen-bond donors (Lipinski definition) is 1. The van der Waals surface area contributed by atoms with E-state index in [0.717, 1.165) is 48.5 Å². The molecule has 10 atom stereocenters. The van der Waals surface area contributed by atoms with Gasteiger partial charge < -0.3 is 52.5 Å². The number of aliphatic hydroxyl groups is 1. The van der Waals surface area contributed by atoms with Crippen LogP contribution in [0.1, 0.15) is 48.5 Å². The van der Waals surface area contributed by atoms with E-state index in [-0.39, 0.29) is 0 Å². The quantitative estimate of drug-likeness (QED) is 0.203. The van der Waals surface area contributed by atoms with Crippen molar-refractivity contribution in [2.45, 2.75) is 110 Å². The standard InChI is InChI=1S/C26H36O18/c1-10(27)35-8-17-20(21(38-13(4)30)23(25(34)42-17)40-15(6)32)44-26-24(41-16(7)33)22(39-14(5)31)19(37-12(3)29)18(43-26)9-36-11(2)28/h17-26,34H,8-9H2,1-7H3/t17-,18-,19-,20-,21+,22+,23-,24-,25-,26-/m0/s1. The van der Waals surface area contributed by atoms with Crippen LogP contribution in [-0.2, 0) is 80.9 Å². The van der Waals surface area contributed by atoms with Crippen molar-refractivity contribution in [2.75, 3.05) is 13.2 Å². The van der Waals surface area contributed by atoms with Crippen molar-refractivity contribution < 1.29 is 86.0 Å². The van der Waals surface area contributed by atoms with E-state index in [1.165, 1.54) is 0 Å². The third-order valence-corrected chi connectivity index (χ3v) is 5.90. The van der Waals surface area contributed by atoms with Crippen LogP contribution in [0, 0.1) is 0 Å². The van der Waals surface area contributed by atoms with Gasteiger partial charge in [0.1, 0.15) is 31.5 Å². The molecule has 2 aliphatic rings. The van der Waals surface area contributed by atoms with Gasteiger partial charge in [-0.2, -0.15) is 0 Å². The summed E-state index contributed by atoms with van der Waals surface area (Å²) in [7, 11) is 0. The monoisotopic (exact) mass is 636 g/mol. The molecule has 248 valence electrons. The average Bonchev–Trinajstić information content (AvgIpc) is 2.87. The minimum atomic E-state index is -1.90. The smallest absolute Gasteiger partial charge is 0.303 e. The summed E-state index contributed by atoms with van der Waals surface area (Å²) in [5, 5.41) is 10.6. The van der Waals surface area contributed by atoms with E-state index in [9.17, 15) is 38.7 Å². The molecule has 0 aromatic heterocycles. The number of esters is 7. The molecule has 2 fully saturated rings. The maximum Gasteiger partial charge on any atom is 0.303 e. The maximum absolute atomic E-state index is 12.2. The van der Waals surface area contributed by atoms with Crippen molar-refractivity contribution in [1.82, 2.24) is 0 Å². The Hall–Kier alpha value is -3.87. The molecule has 0 aromatic carbocycles. The zero-order valence-corrected chi connectivity index (χ0v) is 25.1. The molecule has 0 saturated carbocycles. The molecule has 18 nitrogen and oxygen atoms in total. The maximum atomic E-state index is 12.2. The van der Waals surface area contributed by atoms with Gasteiger partial charge in [0.25, 0.3) is 0 Å². The summed E-state index contributed by atoms with van der Waals surface area (Å²) in [6.07, 6.45) is -16.3. The van der Waals surface area contributed by atoms with E-state index in [4.69, 9.17) is 47.4 Å². The van der Waals surface area contributed by atoms with Crippen molar-refractivity contribution in [3.8, 4) is 0 Å². The molecule has 0 spiro atoms. The first-order chi connectivity index (χ1) is 20.5.